The Morgan fingerprint density at radius 1 is 1.14 bits per heavy atom. The standard InChI is InChI=1S/C11H20N2O/c14-9-8-13-7-3-4-11(13)10-12-5-1-2-6-12/h9,11H,1-8,10H2/t11-/m1/s1. The smallest absolute Gasteiger partial charge is 0.133 e. The zero-order valence-electron chi connectivity index (χ0n) is 8.82. The molecule has 0 aromatic rings. The predicted octanol–water partition coefficient (Wildman–Crippen LogP) is 0.746. The average molecular weight is 196 g/mol. The first kappa shape index (κ1) is 10.1. The van der Waals surface area contributed by atoms with Gasteiger partial charge in [0.2, 0.25) is 0 Å². The molecule has 2 heterocycles. The Morgan fingerprint density at radius 3 is 2.64 bits per heavy atom. The van der Waals surface area contributed by atoms with Gasteiger partial charge in [0.05, 0.1) is 6.54 Å². The minimum Gasteiger partial charge on any atom is -0.302 e. The monoisotopic (exact) mass is 196 g/mol. The van der Waals surface area contributed by atoms with E-state index in [1.165, 1.54) is 45.3 Å². The van der Waals surface area contributed by atoms with Gasteiger partial charge in [0.25, 0.3) is 0 Å². The lowest BCUT2D eigenvalue weighted by Gasteiger charge is -2.26. The van der Waals surface area contributed by atoms with Crippen LogP contribution in [-0.2, 0) is 4.79 Å². The van der Waals surface area contributed by atoms with Gasteiger partial charge in [0.15, 0.2) is 0 Å². The van der Waals surface area contributed by atoms with Crippen molar-refractivity contribution in [2.24, 2.45) is 0 Å². The summed E-state index contributed by atoms with van der Waals surface area (Å²) in [4.78, 5) is 15.4. The third-order valence-corrected chi connectivity index (χ3v) is 3.48. The Hall–Kier alpha value is -0.410. The minimum atomic E-state index is 0.637. The second-order valence-electron chi connectivity index (χ2n) is 4.47. The van der Waals surface area contributed by atoms with Crippen LogP contribution in [0.5, 0.6) is 0 Å². The van der Waals surface area contributed by atoms with Crippen molar-refractivity contribution >= 4 is 6.29 Å². The number of carbonyl (C=O) groups excluding carboxylic acids is 1. The maximum absolute atomic E-state index is 10.5. The Balaban J connectivity index is 1.80. The van der Waals surface area contributed by atoms with Crippen LogP contribution in [0.25, 0.3) is 0 Å². The zero-order chi connectivity index (χ0) is 9.80. The van der Waals surface area contributed by atoms with Crippen molar-refractivity contribution in [2.45, 2.75) is 31.7 Å². The maximum atomic E-state index is 10.5. The molecule has 0 amide bonds. The summed E-state index contributed by atoms with van der Waals surface area (Å²) in [5.74, 6) is 0. The normalized spacial score (nSPS) is 29.9. The largest absolute Gasteiger partial charge is 0.302 e. The van der Waals surface area contributed by atoms with E-state index in [4.69, 9.17) is 0 Å². The molecule has 1 atom stereocenters. The Labute approximate surface area is 86.1 Å². The molecule has 2 aliphatic heterocycles. The molecule has 3 heteroatoms. The molecular formula is C11H20N2O. The number of aldehydes is 1. The first-order valence-corrected chi connectivity index (χ1v) is 5.80. The van der Waals surface area contributed by atoms with Crippen molar-refractivity contribution in [1.82, 2.24) is 9.80 Å². The van der Waals surface area contributed by atoms with Crippen molar-refractivity contribution in [3.63, 3.8) is 0 Å². The Morgan fingerprint density at radius 2 is 1.93 bits per heavy atom. The molecule has 0 N–H and O–H groups in total. The summed E-state index contributed by atoms with van der Waals surface area (Å²) >= 11 is 0. The van der Waals surface area contributed by atoms with E-state index in [1.54, 1.807) is 0 Å². The van der Waals surface area contributed by atoms with Crippen molar-refractivity contribution in [3.05, 3.63) is 0 Å². The molecule has 80 valence electrons. The topological polar surface area (TPSA) is 23.6 Å². The molecule has 0 aliphatic carbocycles. The van der Waals surface area contributed by atoms with Gasteiger partial charge in [0, 0.05) is 12.6 Å². The maximum Gasteiger partial charge on any atom is 0.133 e. The highest BCUT2D eigenvalue weighted by Gasteiger charge is 2.26. The van der Waals surface area contributed by atoms with E-state index < -0.39 is 0 Å². The summed E-state index contributed by atoms with van der Waals surface area (Å²) in [6.45, 7) is 5.49. The highest BCUT2D eigenvalue weighted by Crippen LogP contribution is 2.19. The van der Waals surface area contributed by atoms with E-state index >= 15 is 0 Å². The molecule has 0 unspecified atom stereocenters. The fraction of sp³-hybridized carbons (Fsp3) is 0.909. The highest BCUT2D eigenvalue weighted by atomic mass is 16.1. The molecule has 0 bridgehead atoms. The number of carbonyl (C=O) groups is 1. The van der Waals surface area contributed by atoms with E-state index in [9.17, 15) is 4.79 Å². The Bertz CT molecular complexity index is 190. The fourth-order valence-electron chi connectivity index (χ4n) is 2.70. The van der Waals surface area contributed by atoms with Crippen molar-refractivity contribution < 1.29 is 4.79 Å². The average Bonchev–Trinajstić information content (AvgIpc) is 2.80. The molecule has 2 rings (SSSR count). The van der Waals surface area contributed by atoms with E-state index in [0.717, 1.165) is 12.8 Å². The molecular weight excluding hydrogens is 176 g/mol. The number of likely N-dealkylation sites (tertiary alicyclic amines) is 2. The molecule has 0 spiro atoms. The van der Waals surface area contributed by atoms with Gasteiger partial charge in [-0.1, -0.05) is 0 Å². The van der Waals surface area contributed by atoms with Gasteiger partial charge < -0.3 is 9.69 Å². The molecule has 0 aromatic carbocycles. The van der Waals surface area contributed by atoms with Crippen LogP contribution < -0.4 is 0 Å². The number of hydrogen-bond donors (Lipinski definition) is 0. The highest BCUT2D eigenvalue weighted by molar-refractivity contribution is 5.52. The van der Waals surface area contributed by atoms with Gasteiger partial charge >= 0.3 is 0 Å². The minimum absolute atomic E-state index is 0.637. The molecule has 2 aliphatic rings. The van der Waals surface area contributed by atoms with Gasteiger partial charge in [-0.25, -0.2) is 0 Å². The number of rotatable bonds is 4. The lowest BCUT2D eigenvalue weighted by atomic mass is 10.2. The first-order chi connectivity index (χ1) is 6.90. The lowest BCUT2D eigenvalue weighted by molar-refractivity contribution is -0.109. The summed E-state index contributed by atoms with van der Waals surface area (Å²) in [6.07, 6.45) is 6.32. The molecule has 0 radical (unpaired) electrons. The molecule has 0 aromatic heterocycles. The van der Waals surface area contributed by atoms with E-state index in [2.05, 4.69) is 9.80 Å². The predicted molar refractivity (Wildman–Crippen MR) is 56.3 cm³/mol. The zero-order valence-corrected chi connectivity index (χ0v) is 8.82. The summed E-state index contributed by atoms with van der Waals surface area (Å²) in [5.41, 5.74) is 0. The van der Waals surface area contributed by atoms with Gasteiger partial charge in [-0.05, 0) is 45.3 Å². The van der Waals surface area contributed by atoms with Crippen LogP contribution in [-0.4, -0.2) is 54.9 Å². The third-order valence-electron chi connectivity index (χ3n) is 3.48. The van der Waals surface area contributed by atoms with Crippen LogP contribution in [0.2, 0.25) is 0 Å². The SMILES string of the molecule is O=CCN1CCC[C@@H]1CN1CCCC1. The summed E-state index contributed by atoms with van der Waals surface area (Å²) < 4.78 is 0. The van der Waals surface area contributed by atoms with Crippen molar-refractivity contribution in [1.29, 1.82) is 0 Å². The fourth-order valence-corrected chi connectivity index (χ4v) is 2.70. The third kappa shape index (κ3) is 2.34. The number of hydrogen-bond acceptors (Lipinski definition) is 3. The molecule has 14 heavy (non-hydrogen) atoms. The first-order valence-electron chi connectivity index (χ1n) is 5.80. The summed E-state index contributed by atoms with van der Waals surface area (Å²) in [6, 6.07) is 0.651. The summed E-state index contributed by atoms with van der Waals surface area (Å²) in [7, 11) is 0. The molecule has 0 saturated carbocycles. The lowest BCUT2D eigenvalue weighted by Crippen LogP contribution is -2.40. The number of nitrogens with zero attached hydrogens (tertiary/aromatic N) is 2. The van der Waals surface area contributed by atoms with Crippen LogP contribution in [0.1, 0.15) is 25.7 Å². The summed E-state index contributed by atoms with van der Waals surface area (Å²) in [5, 5.41) is 0. The second-order valence-corrected chi connectivity index (χ2v) is 4.47. The van der Waals surface area contributed by atoms with Gasteiger partial charge in [-0.2, -0.15) is 0 Å². The van der Waals surface area contributed by atoms with E-state index in [-0.39, 0.29) is 0 Å². The van der Waals surface area contributed by atoms with Crippen LogP contribution >= 0.6 is 0 Å². The van der Waals surface area contributed by atoms with E-state index in [0.29, 0.717) is 12.6 Å². The van der Waals surface area contributed by atoms with Crippen LogP contribution in [0.15, 0.2) is 0 Å². The van der Waals surface area contributed by atoms with E-state index in [1.807, 2.05) is 0 Å². The van der Waals surface area contributed by atoms with Crippen LogP contribution in [0.3, 0.4) is 0 Å². The van der Waals surface area contributed by atoms with Crippen LogP contribution in [0, 0.1) is 0 Å². The molecule has 2 fully saturated rings. The molecule has 2 saturated heterocycles. The van der Waals surface area contributed by atoms with Gasteiger partial charge in [-0.3, -0.25) is 4.90 Å². The quantitative estimate of drug-likeness (QED) is 0.620. The van der Waals surface area contributed by atoms with Crippen molar-refractivity contribution in [2.75, 3.05) is 32.7 Å². The molecule has 3 nitrogen and oxygen atoms in total. The Kier molecular flexibility index (Phi) is 3.54. The van der Waals surface area contributed by atoms with Gasteiger partial charge in [-0.15, -0.1) is 0 Å². The second kappa shape index (κ2) is 4.89. The van der Waals surface area contributed by atoms with Crippen molar-refractivity contribution in [3.8, 4) is 0 Å². The van der Waals surface area contributed by atoms with Gasteiger partial charge in [0.1, 0.15) is 6.29 Å². The van der Waals surface area contributed by atoms with Crippen LogP contribution in [0.4, 0.5) is 0 Å².